The molecule has 9 nitrogen and oxygen atoms in total. The van der Waals surface area contributed by atoms with Crippen LogP contribution in [0.4, 0.5) is 11.4 Å². The summed E-state index contributed by atoms with van der Waals surface area (Å²) >= 11 is 0. The molecule has 1 aliphatic carbocycles. The first-order valence-corrected chi connectivity index (χ1v) is 15.0. The molecular weight excluding hydrogens is 520 g/mol. The Balaban J connectivity index is 1.26. The molecule has 224 valence electrons. The SMILES string of the molecule is COc1cc(N2CCC(Oc3ccc(N4CC(OC)C(C)C4CC(=O)O)cn3)C(C)C2)c(C2CCCC2(C)C)cn1. The second-order valence-corrected chi connectivity index (χ2v) is 12.9. The number of hydrogen-bond donors (Lipinski definition) is 1. The molecule has 3 aliphatic rings. The molecule has 0 aromatic carbocycles. The maximum Gasteiger partial charge on any atom is 0.305 e. The number of carboxylic acid groups (broad SMARTS) is 1. The van der Waals surface area contributed by atoms with E-state index in [-0.39, 0.29) is 36.0 Å². The average molecular weight is 567 g/mol. The lowest BCUT2D eigenvalue weighted by molar-refractivity contribution is -0.137. The van der Waals surface area contributed by atoms with Gasteiger partial charge in [0.1, 0.15) is 6.10 Å². The Hall–Kier alpha value is -3.07. The summed E-state index contributed by atoms with van der Waals surface area (Å²) in [4.78, 5) is 25.3. The Bertz CT molecular complexity index is 1210. The van der Waals surface area contributed by atoms with E-state index in [1.807, 2.05) is 18.3 Å². The lowest BCUT2D eigenvalue weighted by atomic mass is 9.77. The molecule has 0 bridgehead atoms. The highest BCUT2D eigenvalue weighted by Crippen LogP contribution is 2.51. The van der Waals surface area contributed by atoms with Crippen molar-refractivity contribution in [1.82, 2.24) is 9.97 Å². The molecule has 2 aromatic heterocycles. The number of anilines is 2. The van der Waals surface area contributed by atoms with Gasteiger partial charge in [0.15, 0.2) is 0 Å². The molecular formula is C32H46N4O5. The molecule has 1 N–H and O–H groups in total. The number of methoxy groups -OCH3 is 2. The summed E-state index contributed by atoms with van der Waals surface area (Å²) in [7, 11) is 3.37. The van der Waals surface area contributed by atoms with Crippen molar-refractivity contribution in [1.29, 1.82) is 0 Å². The van der Waals surface area contributed by atoms with Crippen LogP contribution in [0, 0.1) is 17.3 Å². The topological polar surface area (TPSA) is 97.2 Å². The second kappa shape index (κ2) is 12.0. The molecule has 2 aromatic rings. The van der Waals surface area contributed by atoms with Gasteiger partial charge in [-0.1, -0.05) is 34.1 Å². The van der Waals surface area contributed by atoms with E-state index in [1.54, 1.807) is 20.4 Å². The standard InChI is InChI=1S/C32H46N4O5/c1-20-18-35(26-14-30(40-6)34-17-23(26)24-8-7-12-32(24,3)4)13-11-27(20)41-29-10-9-22(16-33-29)36-19-28(39-5)21(2)25(36)15-31(37)38/h9-10,14,16-17,20-21,24-25,27-28H,7-8,11-13,15,18-19H2,1-6H3,(H,37,38). The summed E-state index contributed by atoms with van der Waals surface area (Å²) in [5.41, 5.74) is 3.74. The van der Waals surface area contributed by atoms with Crippen molar-refractivity contribution in [2.24, 2.45) is 17.3 Å². The molecule has 6 atom stereocenters. The van der Waals surface area contributed by atoms with Crippen LogP contribution in [-0.4, -0.2) is 73.1 Å². The Morgan fingerprint density at radius 3 is 2.46 bits per heavy atom. The number of aromatic nitrogens is 2. The Morgan fingerprint density at radius 1 is 1.07 bits per heavy atom. The van der Waals surface area contributed by atoms with E-state index in [2.05, 4.69) is 53.5 Å². The van der Waals surface area contributed by atoms with Crippen molar-refractivity contribution in [2.45, 2.75) is 84.0 Å². The van der Waals surface area contributed by atoms with E-state index < -0.39 is 5.97 Å². The molecule has 6 unspecified atom stereocenters. The third kappa shape index (κ3) is 6.10. The average Bonchev–Trinajstić information content (AvgIpc) is 3.47. The highest BCUT2D eigenvalue weighted by Gasteiger charge is 2.41. The smallest absolute Gasteiger partial charge is 0.305 e. The number of carboxylic acids is 1. The number of piperidine rings is 1. The van der Waals surface area contributed by atoms with Crippen molar-refractivity contribution in [3.05, 3.63) is 36.2 Å². The molecule has 1 saturated carbocycles. The monoisotopic (exact) mass is 566 g/mol. The molecule has 0 spiro atoms. The van der Waals surface area contributed by atoms with Crippen molar-refractivity contribution in [3.63, 3.8) is 0 Å². The summed E-state index contributed by atoms with van der Waals surface area (Å²) in [5, 5.41) is 9.46. The molecule has 3 fully saturated rings. The highest BCUT2D eigenvalue weighted by molar-refractivity contribution is 5.69. The number of ether oxygens (including phenoxy) is 3. The molecule has 5 rings (SSSR count). The zero-order valence-electron chi connectivity index (χ0n) is 25.4. The minimum atomic E-state index is -0.805. The van der Waals surface area contributed by atoms with Gasteiger partial charge in [-0.3, -0.25) is 4.79 Å². The Kier molecular flexibility index (Phi) is 8.64. The van der Waals surface area contributed by atoms with Gasteiger partial charge < -0.3 is 29.1 Å². The van der Waals surface area contributed by atoms with Gasteiger partial charge in [0, 0.05) is 75.1 Å². The fourth-order valence-corrected chi connectivity index (χ4v) is 7.37. The molecule has 4 heterocycles. The van der Waals surface area contributed by atoms with Crippen LogP contribution in [0.25, 0.3) is 0 Å². The zero-order chi connectivity index (χ0) is 29.3. The van der Waals surface area contributed by atoms with Gasteiger partial charge in [-0.25, -0.2) is 9.97 Å². The summed E-state index contributed by atoms with van der Waals surface area (Å²) in [6.07, 6.45) is 8.54. The maximum atomic E-state index is 11.5. The fraction of sp³-hybridized carbons (Fsp3) is 0.656. The Morgan fingerprint density at radius 2 is 1.85 bits per heavy atom. The van der Waals surface area contributed by atoms with Gasteiger partial charge >= 0.3 is 5.97 Å². The minimum Gasteiger partial charge on any atom is -0.481 e. The molecule has 0 radical (unpaired) electrons. The van der Waals surface area contributed by atoms with Crippen molar-refractivity contribution in [3.8, 4) is 11.8 Å². The molecule has 2 saturated heterocycles. The first-order chi connectivity index (χ1) is 19.6. The molecule has 41 heavy (non-hydrogen) atoms. The van der Waals surface area contributed by atoms with Crippen LogP contribution in [0.3, 0.4) is 0 Å². The van der Waals surface area contributed by atoms with Crippen LogP contribution in [0.5, 0.6) is 11.8 Å². The second-order valence-electron chi connectivity index (χ2n) is 12.9. The van der Waals surface area contributed by atoms with Crippen LogP contribution in [0.15, 0.2) is 30.6 Å². The summed E-state index contributed by atoms with van der Waals surface area (Å²) in [5.74, 6) is 1.36. The minimum absolute atomic E-state index is 0.0121. The number of nitrogens with zero attached hydrogens (tertiary/aromatic N) is 4. The molecule has 2 aliphatic heterocycles. The van der Waals surface area contributed by atoms with Crippen LogP contribution >= 0.6 is 0 Å². The van der Waals surface area contributed by atoms with Gasteiger partial charge in [-0.05, 0) is 35.8 Å². The fourth-order valence-electron chi connectivity index (χ4n) is 7.37. The lowest BCUT2D eigenvalue weighted by Crippen LogP contribution is -2.45. The largest absolute Gasteiger partial charge is 0.481 e. The van der Waals surface area contributed by atoms with Gasteiger partial charge in [-0.15, -0.1) is 0 Å². The zero-order valence-corrected chi connectivity index (χ0v) is 25.4. The number of hydrogen-bond acceptors (Lipinski definition) is 8. The third-order valence-electron chi connectivity index (χ3n) is 9.88. The quantitative estimate of drug-likeness (QED) is 0.429. The highest BCUT2D eigenvalue weighted by atomic mass is 16.5. The van der Waals surface area contributed by atoms with E-state index in [9.17, 15) is 9.90 Å². The van der Waals surface area contributed by atoms with Gasteiger partial charge in [0.2, 0.25) is 11.8 Å². The van der Waals surface area contributed by atoms with E-state index >= 15 is 0 Å². The van der Waals surface area contributed by atoms with Crippen molar-refractivity contribution >= 4 is 17.3 Å². The van der Waals surface area contributed by atoms with Crippen LogP contribution in [0.2, 0.25) is 0 Å². The van der Waals surface area contributed by atoms with Crippen LogP contribution in [0.1, 0.15) is 71.3 Å². The summed E-state index contributed by atoms with van der Waals surface area (Å²) < 4.78 is 17.6. The van der Waals surface area contributed by atoms with Crippen molar-refractivity contribution < 1.29 is 24.1 Å². The van der Waals surface area contributed by atoms with Gasteiger partial charge in [0.05, 0.1) is 31.5 Å². The van der Waals surface area contributed by atoms with E-state index in [1.165, 1.54) is 30.5 Å². The third-order valence-corrected chi connectivity index (χ3v) is 9.88. The van der Waals surface area contributed by atoms with Crippen molar-refractivity contribution in [2.75, 3.05) is 43.7 Å². The van der Waals surface area contributed by atoms with E-state index in [4.69, 9.17) is 14.2 Å². The van der Waals surface area contributed by atoms with Crippen LogP contribution < -0.4 is 19.3 Å². The van der Waals surface area contributed by atoms with Gasteiger partial charge in [-0.2, -0.15) is 0 Å². The number of rotatable bonds is 9. The first-order valence-electron chi connectivity index (χ1n) is 15.0. The summed E-state index contributed by atoms with van der Waals surface area (Å²) in [6, 6.07) is 5.87. The van der Waals surface area contributed by atoms with Crippen LogP contribution in [-0.2, 0) is 9.53 Å². The summed E-state index contributed by atoms with van der Waals surface area (Å²) in [6.45, 7) is 11.5. The lowest BCUT2D eigenvalue weighted by Gasteiger charge is -2.40. The number of aliphatic carboxylic acids is 1. The Labute approximate surface area is 244 Å². The normalized spacial score (nSPS) is 29.5. The number of pyridine rings is 2. The number of carbonyl (C=O) groups is 1. The molecule has 9 heteroatoms. The molecule has 0 amide bonds. The predicted molar refractivity (Wildman–Crippen MR) is 159 cm³/mol. The maximum absolute atomic E-state index is 11.5. The van der Waals surface area contributed by atoms with E-state index in [0.717, 1.165) is 25.2 Å². The first kappa shape index (κ1) is 29.4. The van der Waals surface area contributed by atoms with E-state index in [0.29, 0.717) is 30.1 Å². The predicted octanol–water partition coefficient (Wildman–Crippen LogP) is 5.39. The van der Waals surface area contributed by atoms with Gasteiger partial charge in [0.25, 0.3) is 0 Å².